The summed E-state index contributed by atoms with van der Waals surface area (Å²) >= 11 is 3.56. The summed E-state index contributed by atoms with van der Waals surface area (Å²) < 4.78 is 1.35. The number of hydrogen-bond donors (Lipinski definition) is 2. The minimum absolute atomic E-state index is 0.0148. The van der Waals surface area contributed by atoms with Crippen molar-refractivity contribution < 1.29 is 5.11 Å². The van der Waals surface area contributed by atoms with Crippen LogP contribution < -0.4 is 5.73 Å². The lowest BCUT2D eigenvalue weighted by Gasteiger charge is -2.08. The highest BCUT2D eigenvalue weighted by atomic mass is 32.2. The number of aliphatic hydroxyl groups is 1. The van der Waals surface area contributed by atoms with E-state index in [1.807, 2.05) is 0 Å². The molecule has 82 valence electrons. The number of aryl methyl sites for hydroxylation is 2. The van der Waals surface area contributed by atoms with Gasteiger partial charge in [-0.15, -0.1) is 22.7 Å². The monoisotopic (exact) mass is 241 g/mol. The summed E-state index contributed by atoms with van der Waals surface area (Å²) in [6.45, 7) is 4.43. The Morgan fingerprint density at radius 2 is 2.20 bits per heavy atom. The fourth-order valence-electron chi connectivity index (χ4n) is 1.87. The molecule has 2 nitrogen and oxygen atoms in total. The number of aliphatic hydroxyl groups excluding tert-OH is 1. The molecule has 0 amide bonds. The highest BCUT2D eigenvalue weighted by Crippen LogP contribution is 2.40. The van der Waals surface area contributed by atoms with E-state index in [4.69, 9.17) is 10.8 Å². The number of nitrogens with two attached hydrogens (primary N) is 1. The smallest absolute Gasteiger partial charge is 0.0873 e. The van der Waals surface area contributed by atoms with Gasteiger partial charge >= 0.3 is 0 Å². The van der Waals surface area contributed by atoms with Crippen molar-refractivity contribution in [3.63, 3.8) is 0 Å². The highest BCUT2D eigenvalue weighted by molar-refractivity contribution is 7.37. The zero-order chi connectivity index (χ0) is 11.0. The molecule has 2 rings (SSSR count). The topological polar surface area (TPSA) is 46.2 Å². The molecule has 1 atom stereocenters. The molecular formula is C11H15NOS2. The number of hydrogen-bond acceptors (Lipinski definition) is 4. The fourth-order valence-corrected chi connectivity index (χ4v) is 4.45. The molecule has 3 N–H and O–H groups in total. The Hall–Kier alpha value is -0.420. The zero-order valence-corrected chi connectivity index (χ0v) is 10.5. The summed E-state index contributed by atoms with van der Waals surface area (Å²) in [6, 6.07) is -0.0148. The number of rotatable bonds is 3. The van der Waals surface area contributed by atoms with Crippen LogP contribution in [-0.4, -0.2) is 11.7 Å². The summed E-state index contributed by atoms with van der Waals surface area (Å²) in [4.78, 5) is 1.23. The van der Waals surface area contributed by atoms with Gasteiger partial charge < -0.3 is 10.8 Å². The second-order valence-corrected chi connectivity index (χ2v) is 5.98. The third-order valence-electron chi connectivity index (χ3n) is 2.67. The van der Waals surface area contributed by atoms with Gasteiger partial charge in [0.15, 0.2) is 0 Å². The normalized spacial score (nSPS) is 13.6. The van der Waals surface area contributed by atoms with Crippen LogP contribution in [0.4, 0.5) is 0 Å². The summed E-state index contributed by atoms with van der Waals surface area (Å²) in [6.07, 6.45) is 0.646. The van der Waals surface area contributed by atoms with E-state index >= 15 is 0 Å². The van der Waals surface area contributed by atoms with Crippen LogP contribution in [0.2, 0.25) is 0 Å². The lowest BCUT2D eigenvalue weighted by Crippen LogP contribution is -2.11. The standard InChI is InChI=1S/C11H15NOS2/c1-6-5-14-11-9(6)7(2)10(15-11)8(12)3-4-13/h5,8,13H,3-4,12H2,1-2H3. The van der Waals surface area contributed by atoms with Crippen LogP contribution in [0, 0.1) is 13.8 Å². The zero-order valence-electron chi connectivity index (χ0n) is 8.91. The lowest BCUT2D eigenvalue weighted by atomic mass is 10.1. The number of fused-ring (bicyclic) bond motifs is 1. The molecule has 2 aromatic heterocycles. The van der Waals surface area contributed by atoms with Crippen LogP contribution >= 0.6 is 22.7 Å². The van der Waals surface area contributed by atoms with E-state index in [2.05, 4.69) is 19.2 Å². The molecule has 0 aliphatic carbocycles. The Morgan fingerprint density at radius 1 is 1.47 bits per heavy atom. The molecule has 0 radical (unpaired) electrons. The maximum Gasteiger partial charge on any atom is 0.0873 e. The van der Waals surface area contributed by atoms with Crippen molar-refractivity contribution in [2.45, 2.75) is 26.3 Å². The van der Waals surface area contributed by atoms with Gasteiger partial charge in [-0.1, -0.05) is 0 Å². The molecule has 0 aliphatic heterocycles. The van der Waals surface area contributed by atoms with Crippen LogP contribution in [0.3, 0.4) is 0 Å². The van der Waals surface area contributed by atoms with Crippen molar-refractivity contribution >= 4 is 32.1 Å². The largest absolute Gasteiger partial charge is 0.396 e. The first-order valence-electron chi connectivity index (χ1n) is 4.98. The van der Waals surface area contributed by atoms with Gasteiger partial charge in [-0.25, -0.2) is 0 Å². The van der Waals surface area contributed by atoms with E-state index in [1.54, 1.807) is 22.7 Å². The van der Waals surface area contributed by atoms with Crippen molar-refractivity contribution in [3.05, 3.63) is 21.4 Å². The van der Waals surface area contributed by atoms with Gasteiger partial charge in [0.25, 0.3) is 0 Å². The summed E-state index contributed by atoms with van der Waals surface area (Å²) in [5.74, 6) is 0. The van der Waals surface area contributed by atoms with Crippen molar-refractivity contribution in [2.24, 2.45) is 5.73 Å². The molecule has 2 aromatic rings. The predicted octanol–water partition coefficient (Wildman–Crippen LogP) is 2.96. The third kappa shape index (κ3) is 1.83. The van der Waals surface area contributed by atoms with Crippen molar-refractivity contribution in [1.29, 1.82) is 0 Å². The average Bonchev–Trinajstić information content (AvgIpc) is 2.70. The predicted molar refractivity (Wildman–Crippen MR) is 67.8 cm³/mol. The molecule has 15 heavy (non-hydrogen) atoms. The van der Waals surface area contributed by atoms with Gasteiger partial charge in [-0.3, -0.25) is 0 Å². The van der Waals surface area contributed by atoms with Gasteiger partial charge in [0.2, 0.25) is 0 Å². The van der Waals surface area contributed by atoms with Gasteiger partial charge in [0.1, 0.15) is 0 Å². The second kappa shape index (κ2) is 4.22. The highest BCUT2D eigenvalue weighted by Gasteiger charge is 2.16. The van der Waals surface area contributed by atoms with E-state index in [1.165, 1.54) is 25.4 Å². The fraction of sp³-hybridized carbons (Fsp3) is 0.455. The van der Waals surface area contributed by atoms with E-state index in [0.717, 1.165) is 0 Å². The van der Waals surface area contributed by atoms with Crippen molar-refractivity contribution in [1.82, 2.24) is 0 Å². The Kier molecular flexibility index (Phi) is 3.11. The van der Waals surface area contributed by atoms with E-state index in [-0.39, 0.29) is 12.6 Å². The SMILES string of the molecule is Cc1csc2sc(C(N)CCO)c(C)c12. The van der Waals surface area contributed by atoms with Gasteiger partial charge in [-0.05, 0) is 36.8 Å². The maximum atomic E-state index is 8.90. The van der Waals surface area contributed by atoms with Gasteiger partial charge in [0.05, 0.1) is 4.01 Å². The molecule has 0 aromatic carbocycles. The van der Waals surface area contributed by atoms with Crippen molar-refractivity contribution in [3.8, 4) is 0 Å². The van der Waals surface area contributed by atoms with Crippen LogP contribution in [0.1, 0.15) is 28.5 Å². The average molecular weight is 241 g/mol. The molecule has 4 heteroatoms. The Bertz CT molecular complexity index is 472. The number of thiophene rings is 2. The first kappa shape index (κ1) is 11.1. The molecule has 0 saturated heterocycles. The first-order chi connectivity index (χ1) is 7.15. The molecule has 0 saturated carbocycles. The lowest BCUT2D eigenvalue weighted by molar-refractivity contribution is 0.277. The Morgan fingerprint density at radius 3 is 2.80 bits per heavy atom. The van der Waals surface area contributed by atoms with Crippen LogP contribution in [0.15, 0.2) is 5.38 Å². The molecule has 0 spiro atoms. The quantitative estimate of drug-likeness (QED) is 0.868. The van der Waals surface area contributed by atoms with Crippen LogP contribution in [0.5, 0.6) is 0 Å². The molecule has 0 aliphatic rings. The minimum Gasteiger partial charge on any atom is -0.396 e. The molecule has 1 unspecified atom stereocenters. The van der Waals surface area contributed by atoms with Crippen LogP contribution in [0.25, 0.3) is 9.40 Å². The summed E-state index contributed by atoms with van der Waals surface area (Å²) in [5.41, 5.74) is 8.67. The molecule has 0 fully saturated rings. The second-order valence-electron chi connectivity index (χ2n) is 3.79. The molecule has 0 bridgehead atoms. The molecule has 2 heterocycles. The maximum absolute atomic E-state index is 8.90. The summed E-state index contributed by atoms with van der Waals surface area (Å²) in [7, 11) is 0. The Labute approximate surface area is 97.4 Å². The molecular weight excluding hydrogens is 226 g/mol. The van der Waals surface area contributed by atoms with Crippen LogP contribution in [-0.2, 0) is 0 Å². The Balaban J connectivity index is 2.48. The summed E-state index contributed by atoms with van der Waals surface area (Å²) in [5, 5.41) is 12.5. The van der Waals surface area contributed by atoms with Gasteiger partial charge in [-0.2, -0.15) is 0 Å². The van der Waals surface area contributed by atoms with Gasteiger partial charge in [0, 0.05) is 22.9 Å². The van der Waals surface area contributed by atoms with Crippen molar-refractivity contribution in [2.75, 3.05) is 6.61 Å². The minimum atomic E-state index is -0.0148. The van der Waals surface area contributed by atoms with E-state index in [0.29, 0.717) is 6.42 Å². The van der Waals surface area contributed by atoms with E-state index in [9.17, 15) is 0 Å². The first-order valence-corrected chi connectivity index (χ1v) is 6.68. The van der Waals surface area contributed by atoms with E-state index < -0.39 is 0 Å². The third-order valence-corrected chi connectivity index (χ3v) is 5.31.